The fourth-order valence-corrected chi connectivity index (χ4v) is 3.52. The van der Waals surface area contributed by atoms with Gasteiger partial charge in [-0.05, 0) is 18.2 Å². The average molecular weight is 364 g/mol. The third kappa shape index (κ3) is 3.78. The molecule has 0 aliphatic carbocycles. The van der Waals surface area contributed by atoms with E-state index in [2.05, 4.69) is 33.5 Å². The molecule has 0 radical (unpaired) electrons. The fourth-order valence-electron chi connectivity index (χ4n) is 3.52. The summed E-state index contributed by atoms with van der Waals surface area (Å²) in [5.41, 5.74) is 3.23. The van der Waals surface area contributed by atoms with Crippen LogP contribution >= 0.6 is 0 Å². The van der Waals surface area contributed by atoms with E-state index in [4.69, 9.17) is 4.98 Å². The van der Waals surface area contributed by atoms with Crippen LogP contribution in [0.4, 0.5) is 4.79 Å². The predicted molar refractivity (Wildman–Crippen MR) is 104 cm³/mol. The Labute approximate surface area is 158 Å². The minimum absolute atomic E-state index is 0.0861. The van der Waals surface area contributed by atoms with Gasteiger partial charge in [0.05, 0.1) is 22.9 Å². The summed E-state index contributed by atoms with van der Waals surface area (Å²) in [4.78, 5) is 20.6. The van der Waals surface area contributed by atoms with E-state index in [9.17, 15) is 4.79 Å². The molecular formula is C20H24N6O. The van der Waals surface area contributed by atoms with Crippen molar-refractivity contribution in [1.82, 2.24) is 29.9 Å². The first-order chi connectivity index (χ1) is 13.1. The maximum Gasteiger partial charge on any atom is 0.316 e. The average Bonchev–Trinajstić information content (AvgIpc) is 3.14. The van der Waals surface area contributed by atoms with Gasteiger partial charge in [-0.15, -0.1) is 0 Å². The summed E-state index contributed by atoms with van der Waals surface area (Å²) in [6.07, 6.45) is 1.83. The van der Waals surface area contributed by atoms with Crippen molar-refractivity contribution < 1.29 is 4.79 Å². The Balaban J connectivity index is 1.49. The summed E-state index contributed by atoms with van der Waals surface area (Å²) >= 11 is 0. The van der Waals surface area contributed by atoms with Crippen molar-refractivity contribution in [2.75, 3.05) is 27.2 Å². The number of carbonyl (C=O) groups excluding carboxylic acids is 1. The van der Waals surface area contributed by atoms with Gasteiger partial charge in [0, 0.05) is 51.9 Å². The highest BCUT2D eigenvalue weighted by molar-refractivity contribution is 5.78. The van der Waals surface area contributed by atoms with Crippen molar-refractivity contribution >= 4 is 16.9 Å². The van der Waals surface area contributed by atoms with E-state index in [0.29, 0.717) is 6.54 Å². The van der Waals surface area contributed by atoms with Gasteiger partial charge in [-0.25, -0.2) is 4.79 Å². The highest BCUT2D eigenvalue weighted by atomic mass is 16.2. The number of amides is 2. The number of para-hydroxylation sites is 1. The third-order valence-corrected chi connectivity index (χ3v) is 4.89. The molecule has 1 aromatic carbocycles. The van der Waals surface area contributed by atoms with Crippen molar-refractivity contribution in [2.45, 2.75) is 19.1 Å². The molecule has 4 rings (SSSR count). The van der Waals surface area contributed by atoms with E-state index in [0.717, 1.165) is 41.9 Å². The van der Waals surface area contributed by atoms with Crippen LogP contribution in [0.15, 0.2) is 48.7 Å². The van der Waals surface area contributed by atoms with Crippen LogP contribution in [0.3, 0.4) is 0 Å². The van der Waals surface area contributed by atoms with Crippen molar-refractivity contribution in [2.24, 2.45) is 0 Å². The minimum atomic E-state index is -0.0861. The lowest BCUT2D eigenvalue weighted by Crippen LogP contribution is -2.44. The molecule has 1 aliphatic heterocycles. The van der Waals surface area contributed by atoms with Crippen molar-refractivity contribution in [3.8, 4) is 0 Å². The maximum absolute atomic E-state index is 11.9. The zero-order chi connectivity index (χ0) is 18.8. The molecule has 1 N–H and O–H groups in total. The second-order valence-corrected chi connectivity index (χ2v) is 7.17. The van der Waals surface area contributed by atoms with E-state index in [1.807, 2.05) is 35.1 Å². The molecule has 7 nitrogen and oxygen atoms in total. The Morgan fingerprint density at radius 1 is 1.22 bits per heavy atom. The summed E-state index contributed by atoms with van der Waals surface area (Å²) in [6, 6.07) is 14.5. The van der Waals surface area contributed by atoms with E-state index in [-0.39, 0.29) is 12.1 Å². The summed E-state index contributed by atoms with van der Waals surface area (Å²) in [6.45, 7) is 2.96. The SMILES string of the molecule is CN(C)C(=O)NC[C@@H]1CN(Cc2ccc3ccccc3n2)Cc2ccnn21. The van der Waals surface area contributed by atoms with Crippen LogP contribution in [-0.2, 0) is 13.1 Å². The molecule has 0 fully saturated rings. The van der Waals surface area contributed by atoms with Crippen LogP contribution in [0.5, 0.6) is 0 Å². The van der Waals surface area contributed by atoms with E-state index in [1.165, 1.54) is 0 Å². The number of pyridine rings is 1. The minimum Gasteiger partial charge on any atom is -0.336 e. The zero-order valence-corrected chi connectivity index (χ0v) is 15.7. The summed E-state index contributed by atoms with van der Waals surface area (Å²) in [5, 5.41) is 8.58. The molecule has 3 heterocycles. The molecule has 7 heteroatoms. The van der Waals surface area contributed by atoms with Crippen LogP contribution in [0.2, 0.25) is 0 Å². The second-order valence-electron chi connectivity index (χ2n) is 7.17. The Morgan fingerprint density at radius 3 is 2.93 bits per heavy atom. The molecule has 2 aromatic heterocycles. The summed E-state index contributed by atoms with van der Waals surface area (Å²) in [5.74, 6) is 0. The molecule has 0 spiro atoms. The van der Waals surface area contributed by atoms with Crippen LogP contribution < -0.4 is 5.32 Å². The maximum atomic E-state index is 11.9. The number of rotatable bonds is 4. The molecule has 0 bridgehead atoms. The lowest BCUT2D eigenvalue weighted by Gasteiger charge is -2.34. The molecule has 1 atom stereocenters. The lowest BCUT2D eigenvalue weighted by atomic mass is 10.1. The van der Waals surface area contributed by atoms with Gasteiger partial charge in [0.1, 0.15) is 0 Å². The van der Waals surface area contributed by atoms with Crippen molar-refractivity contribution in [3.63, 3.8) is 0 Å². The van der Waals surface area contributed by atoms with E-state index < -0.39 is 0 Å². The third-order valence-electron chi connectivity index (χ3n) is 4.89. The van der Waals surface area contributed by atoms with Gasteiger partial charge >= 0.3 is 6.03 Å². The molecule has 0 saturated heterocycles. The molecule has 140 valence electrons. The number of aromatic nitrogens is 3. The van der Waals surface area contributed by atoms with Crippen LogP contribution in [0.25, 0.3) is 10.9 Å². The highest BCUT2D eigenvalue weighted by Gasteiger charge is 2.26. The van der Waals surface area contributed by atoms with Gasteiger partial charge < -0.3 is 10.2 Å². The predicted octanol–water partition coefficient (Wildman–Crippen LogP) is 2.26. The smallest absolute Gasteiger partial charge is 0.316 e. The monoisotopic (exact) mass is 364 g/mol. The lowest BCUT2D eigenvalue weighted by molar-refractivity contribution is 0.161. The number of hydrogen-bond donors (Lipinski definition) is 1. The standard InChI is InChI=1S/C20H24N6O/c1-24(2)20(27)21-11-18-14-25(13-17-9-10-22-26(17)18)12-16-8-7-15-5-3-4-6-19(15)23-16/h3-10,18H,11-14H2,1-2H3,(H,21,27)/t18-/m1/s1. The van der Waals surface area contributed by atoms with E-state index >= 15 is 0 Å². The number of nitrogens with one attached hydrogen (secondary N) is 1. The first kappa shape index (κ1) is 17.5. The molecular weight excluding hydrogens is 340 g/mol. The quantitative estimate of drug-likeness (QED) is 0.771. The molecule has 3 aromatic rings. The van der Waals surface area contributed by atoms with Crippen LogP contribution in [0.1, 0.15) is 17.4 Å². The largest absolute Gasteiger partial charge is 0.336 e. The Morgan fingerprint density at radius 2 is 2.07 bits per heavy atom. The van der Waals surface area contributed by atoms with Crippen LogP contribution in [0, 0.1) is 0 Å². The summed E-state index contributed by atoms with van der Waals surface area (Å²) < 4.78 is 2.03. The molecule has 2 amide bonds. The highest BCUT2D eigenvalue weighted by Crippen LogP contribution is 2.22. The topological polar surface area (TPSA) is 66.3 Å². The van der Waals surface area contributed by atoms with E-state index in [1.54, 1.807) is 19.0 Å². The van der Waals surface area contributed by atoms with Gasteiger partial charge in [0.15, 0.2) is 0 Å². The second kappa shape index (κ2) is 7.36. The van der Waals surface area contributed by atoms with Crippen LogP contribution in [-0.4, -0.2) is 57.8 Å². The normalized spacial score (nSPS) is 16.9. The van der Waals surface area contributed by atoms with Gasteiger partial charge in [-0.3, -0.25) is 14.6 Å². The first-order valence-corrected chi connectivity index (χ1v) is 9.15. The molecule has 1 aliphatic rings. The number of hydrogen-bond acceptors (Lipinski definition) is 4. The number of urea groups is 1. The zero-order valence-electron chi connectivity index (χ0n) is 15.7. The Bertz CT molecular complexity index is 950. The first-order valence-electron chi connectivity index (χ1n) is 9.15. The molecule has 27 heavy (non-hydrogen) atoms. The molecule has 0 unspecified atom stereocenters. The van der Waals surface area contributed by atoms with Crippen molar-refractivity contribution in [3.05, 3.63) is 60.0 Å². The molecule has 0 saturated carbocycles. The Kier molecular flexibility index (Phi) is 4.77. The number of fused-ring (bicyclic) bond motifs is 2. The van der Waals surface area contributed by atoms with Gasteiger partial charge in [0.25, 0.3) is 0 Å². The number of carbonyl (C=O) groups is 1. The number of nitrogens with zero attached hydrogens (tertiary/aromatic N) is 5. The van der Waals surface area contributed by atoms with Crippen molar-refractivity contribution in [1.29, 1.82) is 0 Å². The number of benzene rings is 1. The fraction of sp³-hybridized carbons (Fsp3) is 0.350. The van der Waals surface area contributed by atoms with Gasteiger partial charge in [0.2, 0.25) is 0 Å². The van der Waals surface area contributed by atoms with Gasteiger partial charge in [-0.2, -0.15) is 5.10 Å². The summed E-state index contributed by atoms with van der Waals surface area (Å²) in [7, 11) is 3.49. The van der Waals surface area contributed by atoms with Gasteiger partial charge in [-0.1, -0.05) is 24.3 Å². The Hall–Kier alpha value is -2.93.